The fraction of sp³-hybridized carbons (Fsp3) is 0.250. The van der Waals surface area contributed by atoms with E-state index >= 15 is 0 Å². The third kappa shape index (κ3) is 2.79. The molecule has 0 aliphatic carbocycles. The van der Waals surface area contributed by atoms with Crippen molar-refractivity contribution in [3.63, 3.8) is 0 Å². The number of benzene rings is 1. The summed E-state index contributed by atoms with van der Waals surface area (Å²) < 4.78 is 36.0. The van der Waals surface area contributed by atoms with Gasteiger partial charge in [0.25, 0.3) is 6.43 Å². The van der Waals surface area contributed by atoms with Crippen molar-refractivity contribution in [1.82, 2.24) is 4.98 Å². The summed E-state index contributed by atoms with van der Waals surface area (Å²) in [6.45, 7) is 1.51. The second kappa shape index (κ2) is 6.55. The number of hydrogen-bond donors (Lipinski definition) is 2. The van der Waals surface area contributed by atoms with Crippen LogP contribution in [0.5, 0.6) is 0 Å². The lowest BCUT2D eigenvalue weighted by molar-refractivity contribution is 0.00768. The minimum Gasteiger partial charge on any atom is -0.380 e. The first-order valence-electron chi connectivity index (χ1n) is 7.30. The van der Waals surface area contributed by atoms with Crippen molar-refractivity contribution >= 4 is 51.5 Å². The normalized spacial score (nSPS) is 15.2. The maximum Gasteiger partial charge on any atom is 0.264 e. The number of alkyl halides is 2. The van der Waals surface area contributed by atoms with Gasteiger partial charge in [-0.05, 0) is 35.0 Å². The third-order valence-corrected chi connectivity index (χ3v) is 6.35. The van der Waals surface area contributed by atoms with E-state index in [1.54, 1.807) is 17.4 Å². The van der Waals surface area contributed by atoms with Crippen LogP contribution in [0.3, 0.4) is 0 Å². The van der Waals surface area contributed by atoms with E-state index in [1.165, 1.54) is 29.8 Å². The minimum atomic E-state index is -2.56. The lowest BCUT2D eigenvalue weighted by atomic mass is 10.0. The Kier molecular flexibility index (Phi) is 4.42. The Balaban J connectivity index is 1.61. The molecule has 1 saturated heterocycles. The number of thiophene rings is 1. The summed E-state index contributed by atoms with van der Waals surface area (Å²) in [5.74, 6) is 0.446. The molecule has 2 aromatic heterocycles. The van der Waals surface area contributed by atoms with Gasteiger partial charge in [0.15, 0.2) is 0 Å². The Hall–Kier alpha value is -1.28. The summed E-state index contributed by atoms with van der Waals surface area (Å²) in [6, 6.07) is 5.19. The Morgan fingerprint density at radius 3 is 2.88 bits per heavy atom. The SMILES string of the molecule is FC(F)c1ccc(NSc2sccc2C2COC2)c2[nH]cc(Cl)c12. The quantitative estimate of drug-likeness (QED) is 0.524. The van der Waals surface area contributed by atoms with Crippen LogP contribution in [0.2, 0.25) is 5.02 Å². The summed E-state index contributed by atoms with van der Waals surface area (Å²) in [6.07, 6.45) is -1.03. The first-order chi connectivity index (χ1) is 11.6. The van der Waals surface area contributed by atoms with E-state index in [0.29, 0.717) is 21.8 Å². The monoisotopic (exact) mass is 386 g/mol. The fourth-order valence-electron chi connectivity index (χ4n) is 2.71. The van der Waals surface area contributed by atoms with E-state index in [0.717, 1.165) is 23.1 Å². The molecular weight excluding hydrogens is 374 g/mol. The molecule has 0 saturated carbocycles. The van der Waals surface area contributed by atoms with Crippen LogP contribution in [-0.2, 0) is 4.74 Å². The lowest BCUT2D eigenvalue weighted by Crippen LogP contribution is -2.25. The maximum absolute atomic E-state index is 13.2. The summed E-state index contributed by atoms with van der Waals surface area (Å²) >= 11 is 9.21. The predicted molar refractivity (Wildman–Crippen MR) is 95.6 cm³/mol. The molecular formula is C16H13ClF2N2OS2. The summed E-state index contributed by atoms with van der Waals surface area (Å²) in [4.78, 5) is 2.98. The largest absolute Gasteiger partial charge is 0.380 e. The highest BCUT2D eigenvalue weighted by atomic mass is 35.5. The highest BCUT2D eigenvalue weighted by molar-refractivity contribution is 8.02. The molecule has 1 aliphatic rings. The van der Waals surface area contributed by atoms with Gasteiger partial charge in [-0.25, -0.2) is 8.78 Å². The molecule has 2 N–H and O–H groups in total. The minimum absolute atomic E-state index is 0.0600. The number of fused-ring (bicyclic) bond motifs is 1. The van der Waals surface area contributed by atoms with Gasteiger partial charge >= 0.3 is 0 Å². The van der Waals surface area contributed by atoms with Gasteiger partial charge in [-0.1, -0.05) is 17.7 Å². The van der Waals surface area contributed by atoms with Crippen LogP contribution in [0, 0.1) is 0 Å². The molecule has 0 amide bonds. The Morgan fingerprint density at radius 1 is 1.33 bits per heavy atom. The molecule has 1 aliphatic heterocycles. The summed E-state index contributed by atoms with van der Waals surface area (Å²) in [5.41, 5.74) is 2.54. The molecule has 1 fully saturated rings. The van der Waals surface area contributed by atoms with Crippen LogP contribution in [-0.4, -0.2) is 18.2 Å². The van der Waals surface area contributed by atoms with Crippen molar-refractivity contribution in [2.75, 3.05) is 17.9 Å². The van der Waals surface area contributed by atoms with Crippen LogP contribution in [0.1, 0.15) is 23.5 Å². The molecule has 1 aromatic carbocycles. The Bertz CT molecular complexity index is 876. The molecule has 0 unspecified atom stereocenters. The Labute approximate surface area is 150 Å². The molecule has 0 radical (unpaired) electrons. The topological polar surface area (TPSA) is 37.0 Å². The maximum atomic E-state index is 13.2. The van der Waals surface area contributed by atoms with E-state index in [4.69, 9.17) is 16.3 Å². The molecule has 3 heterocycles. The zero-order valence-electron chi connectivity index (χ0n) is 12.3. The number of rotatable bonds is 5. The average molecular weight is 387 g/mol. The highest BCUT2D eigenvalue weighted by Crippen LogP contribution is 2.40. The number of hydrogen-bond acceptors (Lipinski definition) is 4. The zero-order chi connectivity index (χ0) is 16.7. The van der Waals surface area contributed by atoms with Gasteiger partial charge in [0, 0.05) is 23.1 Å². The van der Waals surface area contributed by atoms with Crippen molar-refractivity contribution in [1.29, 1.82) is 0 Å². The highest BCUT2D eigenvalue weighted by Gasteiger charge is 2.24. The van der Waals surface area contributed by atoms with Crippen molar-refractivity contribution < 1.29 is 13.5 Å². The first kappa shape index (κ1) is 16.2. The van der Waals surface area contributed by atoms with Crippen molar-refractivity contribution in [2.24, 2.45) is 0 Å². The van der Waals surface area contributed by atoms with E-state index in [9.17, 15) is 8.78 Å². The predicted octanol–water partition coefficient (Wildman–Crippen LogP) is 6.05. The van der Waals surface area contributed by atoms with Gasteiger partial charge in [-0.3, -0.25) is 0 Å². The molecule has 4 rings (SSSR count). The van der Waals surface area contributed by atoms with Crippen molar-refractivity contribution in [2.45, 2.75) is 16.6 Å². The first-order valence-corrected chi connectivity index (χ1v) is 9.38. The molecule has 126 valence electrons. The number of nitrogens with one attached hydrogen (secondary N) is 2. The molecule has 0 atom stereocenters. The smallest absolute Gasteiger partial charge is 0.264 e. The summed E-state index contributed by atoms with van der Waals surface area (Å²) in [5, 5.41) is 2.73. The molecule has 3 nitrogen and oxygen atoms in total. The van der Waals surface area contributed by atoms with Gasteiger partial charge in [-0.15, -0.1) is 11.3 Å². The van der Waals surface area contributed by atoms with Crippen LogP contribution < -0.4 is 4.72 Å². The van der Waals surface area contributed by atoms with Gasteiger partial charge in [0.1, 0.15) is 0 Å². The van der Waals surface area contributed by atoms with E-state index < -0.39 is 6.43 Å². The molecule has 0 bridgehead atoms. The lowest BCUT2D eigenvalue weighted by Gasteiger charge is -2.26. The Morgan fingerprint density at radius 2 is 2.17 bits per heavy atom. The van der Waals surface area contributed by atoms with Crippen LogP contribution in [0.25, 0.3) is 10.9 Å². The zero-order valence-corrected chi connectivity index (χ0v) is 14.7. The van der Waals surface area contributed by atoms with Crippen LogP contribution >= 0.6 is 34.9 Å². The number of halogens is 3. The summed E-state index contributed by atoms with van der Waals surface area (Å²) in [7, 11) is 0. The van der Waals surface area contributed by atoms with Crippen LogP contribution in [0.15, 0.2) is 34.0 Å². The van der Waals surface area contributed by atoms with Gasteiger partial charge in [0.05, 0.1) is 33.6 Å². The standard InChI is InChI=1S/C16H13ClF2N2OS2/c17-11-5-20-14-12(2-1-10(13(11)14)15(18)19)21-24-16-9(3-4-23-16)8-6-22-7-8/h1-5,8,15,20-21H,6-7H2. The number of anilines is 1. The van der Waals surface area contributed by atoms with E-state index in [2.05, 4.69) is 21.2 Å². The number of ether oxygens (including phenoxy) is 1. The van der Waals surface area contributed by atoms with Crippen molar-refractivity contribution in [3.8, 4) is 0 Å². The number of aromatic amines is 1. The second-order valence-corrected chi connectivity index (χ2v) is 7.89. The van der Waals surface area contributed by atoms with Gasteiger partial charge in [-0.2, -0.15) is 0 Å². The van der Waals surface area contributed by atoms with Crippen molar-refractivity contribution in [3.05, 3.63) is 45.9 Å². The average Bonchev–Trinajstić information content (AvgIpc) is 3.11. The molecule has 3 aromatic rings. The fourth-order valence-corrected chi connectivity index (χ4v) is 4.88. The molecule has 24 heavy (non-hydrogen) atoms. The van der Waals surface area contributed by atoms with Crippen LogP contribution in [0.4, 0.5) is 14.5 Å². The molecule has 8 heteroatoms. The van der Waals surface area contributed by atoms with Gasteiger partial charge < -0.3 is 14.4 Å². The van der Waals surface area contributed by atoms with E-state index in [-0.39, 0.29) is 5.56 Å². The second-order valence-electron chi connectivity index (χ2n) is 5.49. The number of H-pyrrole nitrogens is 1. The van der Waals surface area contributed by atoms with E-state index in [1.807, 2.05) is 0 Å². The number of aromatic nitrogens is 1. The third-order valence-electron chi connectivity index (χ3n) is 4.04. The van der Waals surface area contributed by atoms with Gasteiger partial charge in [0.2, 0.25) is 0 Å². The molecule has 0 spiro atoms.